The van der Waals surface area contributed by atoms with E-state index in [1.807, 2.05) is 119 Å². The number of anilines is 4. The zero-order valence-electron chi connectivity index (χ0n) is 73.0. The van der Waals surface area contributed by atoms with Gasteiger partial charge in [-0.15, -0.1) is 0 Å². The van der Waals surface area contributed by atoms with E-state index in [4.69, 9.17) is 0 Å². The van der Waals surface area contributed by atoms with Gasteiger partial charge in [-0.05, 0) is 240 Å². The van der Waals surface area contributed by atoms with E-state index in [1.54, 1.807) is 119 Å². The van der Waals surface area contributed by atoms with Crippen molar-refractivity contribution in [3.05, 3.63) is 332 Å². The molecule has 0 unspecified atom stereocenters. The minimum absolute atomic E-state index is 0.0558. The summed E-state index contributed by atoms with van der Waals surface area (Å²) >= 11 is 0. The third-order valence-electron chi connectivity index (χ3n) is 20.8. The molecule has 0 aliphatic carbocycles. The first-order valence-corrected chi connectivity index (χ1v) is 41.6. The Morgan fingerprint density at radius 1 is 0.358 bits per heavy atom. The molecule has 8 N–H and O–H groups in total. The van der Waals surface area contributed by atoms with Crippen molar-refractivity contribution in [1.29, 1.82) is 0 Å². The van der Waals surface area contributed by atoms with Crippen molar-refractivity contribution in [3.63, 3.8) is 0 Å². The number of carbonyl (C=O) groups excluding carboxylic acids is 4. The average molecular weight is 1800 g/mol. The Hall–Kier alpha value is -17.5. The van der Waals surface area contributed by atoms with E-state index in [2.05, 4.69) is 122 Å². The third kappa shape index (κ3) is 22.8. The van der Waals surface area contributed by atoms with Gasteiger partial charge >= 0.3 is 24.1 Å². The molecule has 134 heavy (non-hydrogen) atoms. The number of carbonyl (C=O) groups is 4. The lowest BCUT2D eigenvalue weighted by atomic mass is 9.97. The fraction of sp³-hybridized carbons (Fsp3) is 0.121. The van der Waals surface area contributed by atoms with Crippen LogP contribution in [0.25, 0.3) is 133 Å². The summed E-state index contributed by atoms with van der Waals surface area (Å²) in [7, 11) is 3.08. The van der Waals surface area contributed by atoms with Gasteiger partial charge in [0.2, 0.25) is 17.8 Å². The van der Waals surface area contributed by atoms with E-state index in [0.717, 1.165) is 99.9 Å². The molecule has 0 aliphatic heterocycles. The second-order valence-electron chi connectivity index (χ2n) is 30.9. The smallest absolute Gasteiger partial charge is 0.323 e. The zero-order chi connectivity index (χ0) is 94.1. The Kier molecular flexibility index (Phi) is 28.1. The number of benzene rings is 8. The first-order valence-electron chi connectivity index (χ1n) is 41.6. The van der Waals surface area contributed by atoms with Gasteiger partial charge in [0, 0.05) is 140 Å². The van der Waals surface area contributed by atoms with Crippen LogP contribution in [0.2, 0.25) is 0 Å². The highest BCUT2D eigenvalue weighted by Crippen LogP contribution is 2.40. The Balaban J connectivity index is 0.000000137. The minimum atomic E-state index is -1.06. The van der Waals surface area contributed by atoms with Crippen molar-refractivity contribution >= 4 is 91.4 Å². The SMILES string of the molecule is CNC(=O)Nc1ncc(-c2ccc3ncnc(C)c3c2)c(-c2ccc(F)cc2)n1.Cc1ncnc2ccc(-c3cc(F)c(NC(=O)N(C)Cc4ccccn4)nc3-c3ccc(F)cc3)cc12.Cc1ncnc2ccc(-c3cnc(NC(=O)NCC(C)(C)O)nc3-c3ccc(F)cc3)cc12.Cc1ncnc2ccc(-c3cnc(NC(=O)NCc4ccccn4)nc3-c3ccc(F)cc3)cc12. The molecule has 0 saturated carbocycles. The van der Waals surface area contributed by atoms with Crippen LogP contribution in [0.5, 0.6) is 0 Å². The van der Waals surface area contributed by atoms with Crippen molar-refractivity contribution in [2.45, 2.75) is 60.2 Å². The molecule has 35 heteroatoms. The normalized spacial score (nSPS) is 11.0. The summed E-state index contributed by atoms with van der Waals surface area (Å²) in [6, 6.07) is 56.8. The number of urea groups is 4. The molecule has 0 atom stereocenters. The number of halogens is 5. The fourth-order valence-corrected chi connectivity index (χ4v) is 13.9. The van der Waals surface area contributed by atoms with Crippen LogP contribution in [-0.4, -0.2) is 145 Å². The lowest BCUT2D eigenvalue weighted by Crippen LogP contribution is -2.40. The molecule has 30 nitrogen and oxygen atoms in total. The summed E-state index contributed by atoms with van der Waals surface area (Å²) in [5.41, 5.74) is 17.4. The van der Waals surface area contributed by atoms with E-state index in [9.17, 15) is 41.8 Å². The molecule has 0 fully saturated rings. The van der Waals surface area contributed by atoms with Crippen molar-refractivity contribution < 1.29 is 46.2 Å². The highest BCUT2D eigenvalue weighted by Gasteiger charge is 2.24. The number of nitrogens with one attached hydrogen (secondary N) is 7. The Labute approximate surface area is 762 Å². The number of hydrogen-bond donors (Lipinski definition) is 8. The van der Waals surface area contributed by atoms with Crippen LogP contribution in [-0.2, 0) is 13.1 Å². The molecule has 10 aromatic heterocycles. The number of rotatable bonds is 18. The van der Waals surface area contributed by atoms with E-state index < -0.39 is 41.4 Å². The maximum absolute atomic E-state index is 15.3. The molecule has 18 aromatic rings. The van der Waals surface area contributed by atoms with Crippen molar-refractivity contribution in [2.75, 3.05) is 41.9 Å². The maximum atomic E-state index is 15.3. The molecule has 0 bridgehead atoms. The molecule has 0 aliphatic rings. The lowest BCUT2D eigenvalue weighted by Gasteiger charge is -2.19. The molecule has 10 heterocycles. The van der Waals surface area contributed by atoms with Gasteiger partial charge in [0.15, 0.2) is 11.6 Å². The fourth-order valence-electron chi connectivity index (χ4n) is 13.9. The van der Waals surface area contributed by atoms with Crippen molar-refractivity contribution in [2.24, 2.45) is 0 Å². The van der Waals surface area contributed by atoms with Crippen LogP contribution in [0.4, 0.5) is 64.8 Å². The molecule has 8 amide bonds. The molecule has 668 valence electrons. The summed E-state index contributed by atoms with van der Waals surface area (Å²) in [5.74, 6) is -2.07. The number of aliphatic hydroxyl groups is 1. The number of nitrogens with zero attached hydrogens (tertiary/aromatic N) is 18. The van der Waals surface area contributed by atoms with E-state index >= 15 is 4.39 Å². The first-order chi connectivity index (χ1) is 64.7. The van der Waals surface area contributed by atoms with Gasteiger partial charge in [0.1, 0.15) is 48.6 Å². The van der Waals surface area contributed by atoms with E-state index in [0.29, 0.717) is 67.4 Å². The monoisotopic (exact) mass is 1800 g/mol. The van der Waals surface area contributed by atoms with Crippen LogP contribution < -0.4 is 37.2 Å². The molecule has 18 rings (SSSR count). The van der Waals surface area contributed by atoms with Crippen LogP contribution in [0, 0.1) is 56.8 Å². The summed E-state index contributed by atoms with van der Waals surface area (Å²) in [6.07, 6.45) is 14.3. The third-order valence-corrected chi connectivity index (χ3v) is 20.8. The molecular weight excluding hydrogens is 1710 g/mol. The summed E-state index contributed by atoms with van der Waals surface area (Å²) < 4.78 is 69.6. The number of amides is 8. The number of hydrogen-bond acceptors (Lipinski definition) is 22. The van der Waals surface area contributed by atoms with E-state index in [1.165, 1.54) is 91.9 Å². The molecule has 0 spiro atoms. The second-order valence-corrected chi connectivity index (χ2v) is 30.9. The lowest BCUT2D eigenvalue weighted by molar-refractivity contribution is 0.0826. The van der Waals surface area contributed by atoms with E-state index in [-0.39, 0.29) is 60.7 Å². The van der Waals surface area contributed by atoms with Crippen LogP contribution in [0.1, 0.15) is 48.0 Å². The van der Waals surface area contributed by atoms with Crippen LogP contribution in [0.15, 0.2) is 269 Å². The highest BCUT2D eigenvalue weighted by molar-refractivity contribution is 5.97. The van der Waals surface area contributed by atoms with Gasteiger partial charge in [-0.3, -0.25) is 31.2 Å². The van der Waals surface area contributed by atoms with Gasteiger partial charge in [-0.25, -0.2) is 116 Å². The van der Waals surface area contributed by atoms with Crippen molar-refractivity contribution in [3.8, 4) is 89.5 Å². The highest BCUT2D eigenvalue weighted by atomic mass is 19.1. The maximum Gasteiger partial charge on any atom is 0.323 e. The van der Waals surface area contributed by atoms with Gasteiger partial charge < -0.3 is 26.0 Å². The molecular formula is C99H82F5N25O5. The van der Waals surface area contributed by atoms with Gasteiger partial charge in [0.05, 0.1) is 74.9 Å². The zero-order valence-corrected chi connectivity index (χ0v) is 73.0. The molecule has 0 radical (unpaired) electrons. The number of aromatic nitrogens is 17. The van der Waals surface area contributed by atoms with Gasteiger partial charge in [-0.2, -0.15) is 0 Å². The Morgan fingerprint density at radius 2 is 0.687 bits per heavy atom. The Morgan fingerprint density at radius 3 is 1.03 bits per heavy atom. The number of pyridine rings is 3. The molecule has 8 aromatic carbocycles. The number of aryl methyl sites for hydroxylation is 4. The summed E-state index contributed by atoms with van der Waals surface area (Å²) in [6.45, 7) is 11.3. The minimum Gasteiger partial charge on any atom is -0.389 e. The Bertz CT molecular complexity index is 7370. The van der Waals surface area contributed by atoms with Crippen LogP contribution >= 0.6 is 0 Å². The largest absolute Gasteiger partial charge is 0.389 e. The topological polar surface area (TPSA) is 395 Å². The molecule has 0 saturated heterocycles. The average Bonchev–Trinajstić information content (AvgIpc) is 0.783. The quantitative estimate of drug-likeness (QED) is 0.0370. The summed E-state index contributed by atoms with van der Waals surface area (Å²) in [5, 5.41) is 31.4. The van der Waals surface area contributed by atoms with Crippen LogP contribution in [0.3, 0.4) is 0 Å². The second kappa shape index (κ2) is 41.3. The number of fused-ring (bicyclic) bond motifs is 4. The first kappa shape index (κ1) is 91.3. The van der Waals surface area contributed by atoms with Gasteiger partial charge in [0.25, 0.3) is 0 Å². The predicted octanol–water partition coefficient (Wildman–Crippen LogP) is 19.0. The summed E-state index contributed by atoms with van der Waals surface area (Å²) in [4.78, 5) is 124. The van der Waals surface area contributed by atoms with Crippen molar-refractivity contribution in [1.82, 2.24) is 106 Å². The van der Waals surface area contributed by atoms with Gasteiger partial charge in [-0.1, -0.05) is 36.4 Å². The standard InChI is InChI=1S/C28H22F2N6O.C26H20FN7O.C24H23FN6O2.C21H17FN6O/c1-17-22-13-19(8-11-25(22)33-16-32-17)23-14-24(30)27(34-26(23)18-6-9-20(29)10-7-18)35-28(37)36(2)15-21-5-3-4-12-31-21;1-16-21-12-18(7-10-23(21)32-15-31-16)22-14-29-25(33-24(22)17-5-8-19(27)9-6-17)34-26(35)30-13-20-4-2-3-11-28-20;1-14-18-10-16(6-9-20(18)29-13-28-14)19-11-26-22(31-23(32)27-12-24(2,3)33)30-21(19)15-4-7-17(25)8-5-15;1-12-16-9-14(5-8-18(16)26-11-25-12)17-10-24-20(28-21(29)23-2)27-19(17)13-3-6-15(22)7-4-13/h3-14,16H,15H2,1-2H3,(H,34,35,37);2-12,14-15H,13H2,1H3,(H2,29,30,33,34,35);4-11,13,33H,12H2,1-3H3,(H2,26,27,30,31,32);3-11H,1-2H3,(H2,23,24,27,28,29). The predicted molar refractivity (Wildman–Crippen MR) is 501 cm³/mol.